The van der Waals surface area contributed by atoms with Gasteiger partial charge in [0.2, 0.25) is 0 Å². The van der Waals surface area contributed by atoms with E-state index in [9.17, 15) is 4.79 Å². The lowest BCUT2D eigenvalue weighted by Crippen LogP contribution is -2.42. The SMILES string of the molecule is COc1ccc(CN(CCCN2CCOCC2)C(=O)NCc2ccc(C#N)cc2)cc1OC. The van der Waals surface area contributed by atoms with Crippen LogP contribution in [-0.4, -0.2) is 69.4 Å². The minimum atomic E-state index is -0.129. The molecule has 0 spiro atoms. The van der Waals surface area contributed by atoms with E-state index < -0.39 is 0 Å². The molecule has 0 bridgehead atoms. The van der Waals surface area contributed by atoms with Crippen LogP contribution in [-0.2, 0) is 17.8 Å². The van der Waals surface area contributed by atoms with Crippen LogP contribution in [0, 0.1) is 11.3 Å². The summed E-state index contributed by atoms with van der Waals surface area (Å²) in [5, 5.41) is 12.0. The number of nitrogens with one attached hydrogen (secondary N) is 1. The smallest absolute Gasteiger partial charge is 0.317 e. The Morgan fingerprint density at radius 2 is 1.79 bits per heavy atom. The van der Waals surface area contributed by atoms with Gasteiger partial charge in [0.15, 0.2) is 11.5 Å². The summed E-state index contributed by atoms with van der Waals surface area (Å²) in [4.78, 5) is 17.3. The maximum absolute atomic E-state index is 13.1. The molecule has 0 aromatic heterocycles. The quantitative estimate of drug-likeness (QED) is 0.596. The van der Waals surface area contributed by atoms with Crippen LogP contribution in [0.5, 0.6) is 11.5 Å². The number of nitriles is 1. The first-order valence-corrected chi connectivity index (χ1v) is 11.2. The van der Waals surface area contributed by atoms with Crippen LogP contribution in [0.25, 0.3) is 0 Å². The van der Waals surface area contributed by atoms with Crippen molar-refractivity contribution in [2.45, 2.75) is 19.5 Å². The molecule has 176 valence electrons. The normalized spacial score (nSPS) is 13.7. The Hall–Kier alpha value is -3.28. The number of ether oxygens (including phenoxy) is 3. The fourth-order valence-electron chi connectivity index (χ4n) is 3.75. The molecule has 0 atom stereocenters. The molecule has 2 aromatic rings. The summed E-state index contributed by atoms with van der Waals surface area (Å²) >= 11 is 0. The Kier molecular flexibility index (Phi) is 9.36. The minimum Gasteiger partial charge on any atom is -0.493 e. The number of rotatable bonds is 10. The first-order valence-electron chi connectivity index (χ1n) is 11.2. The zero-order valence-corrected chi connectivity index (χ0v) is 19.4. The van der Waals surface area contributed by atoms with E-state index in [0.717, 1.165) is 50.4 Å². The molecule has 0 unspecified atom stereocenters. The Morgan fingerprint density at radius 1 is 1.09 bits per heavy atom. The van der Waals surface area contributed by atoms with Gasteiger partial charge >= 0.3 is 6.03 Å². The van der Waals surface area contributed by atoms with Gasteiger partial charge in [-0.05, 0) is 41.8 Å². The molecule has 1 saturated heterocycles. The molecule has 8 heteroatoms. The highest BCUT2D eigenvalue weighted by molar-refractivity contribution is 5.74. The van der Waals surface area contributed by atoms with Crippen LogP contribution < -0.4 is 14.8 Å². The number of carbonyl (C=O) groups excluding carboxylic acids is 1. The van der Waals surface area contributed by atoms with Gasteiger partial charge in [-0.2, -0.15) is 5.26 Å². The van der Waals surface area contributed by atoms with Crippen molar-refractivity contribution in [3.63, 3.8) is 0 Å². The van der Waals surface area contributed by atoms with Crippen LogP contribution in [0.2, 0.25) is 0 Å². The average molecular weight is 453 g/mol. The fourth-order valence-corrected chi connectivity index (χ4v) is 3.75. The molecule has 0 saturated carbocycles. The number of carbonyl (C=O) groups is 1. The van der Waals surface area contributed by atoms with Crippen LogP contribution in [0.1, 0.15) is 23.1 Å². The van der Waals surface area contributed by atoms with Crippen LogP contribution >= 0.6 is 0 Å². The number of hydrogen-bond donors (Lipinski definition) is 1. The van der Waals surface area contributed by atoms with Gasteiger partial charge in [0.05, 0.1) is 39.1 Å². The number of morpholine rings is 1. The number of benzene rings is 2. The van der Waals surface area contributed by atoms with E-state index in [1.165, 1.54) is 0 Å². The van der Waals surface area contributed by atoms with Crippen molar-refractivity contribution in [2.24, 2.45) is 0 Å². The van der Waals surface area contributed by atoms with Gasteiger partial charge in [-0.25, -0.2) is 4.79 Å². The second kappa shape index (κ2) is 12.7. The molecule has 2 amide bonds. The zero-order chi connectivity index (χ0) is 23.5. The topological polar surface area (TPSA) is 87.1 Å². The largest absolute Gasteiger partial charge is 0.493 e. The molecule has 1 N–H and O–H groups in total. The Labute approximate surface area is 195 Å². The van der Waals surface area contributed by atoms with Crippen molar-refractivity contribution in [1.82, 2.24) is 15.1 Å². The van der Waals surface area contributed by atoms with Crippen LogP contribution in [0.15, 0.2) is 42.5 Å². The summed E-state index contributed by atoms with van der Waals surface area (Å²) in [5.41, 5.74) is 2.51. The molecule has 33 heavy (non-hydrogen) atoms. The van der Waals surface area contributed by atoms with Gasteiger partial charge < -0.3 is 24.4 Å². The van der Waals surface area contributed by atoms with Gasteiger partial charge in [-0.3, -0.25) is 4.90 Å². The summed E-state index contributed by atoms with van der Waals surface area (Å²) in [6, 6.07) is 14.9. The maximum Gasteiger partial charge on any atom is 0.317 e. The third kappa shape index (κ3) is 7.38. The Bertz CT molecular complexity index is 936. The van der Waals surface area contributed by atoms with Crippen molar-refractivity contribution in [3.8, 4) is 17.6 Å². The Morgan fingerprint density at radius 3 is 2.45 bits per heavy atom. The first kappa shape index (κ1) is 24.4. The molecule has 1 aliphatic rings. The fraction of sp³-hybridized carbons (Fsp3) is 0.440. The van der Waals surface area contributed by atoms with E-state index in [4.69, 9.17) is 19.5 Å². The number of urea groups is 1. The standard InChI is InChI=1S/C25H32N4O4/c1-31-23-9-8-22(16-24(23)32-2)19-29(11-3-10-28-12-14-33-15-13-28)25(30)27-18-21-6-4-20(17-26)5-7-21/h4-9,16H,3,10-15,18-19H2,1-2H3,(H,27,30). The number of hydrogen-bond acceptors (Lipinski definition) is 6. The number of nitrogens with zero attached hydrogens (tertiary/aromatic N) is 3. The van der Waals surface area contributed by atoms with Crippen LogP contribution in [0.4, 0.5) is 4.79 Å². The van der Waals surface area contributed by atoms with Gasteiger partial charge in [0, 0.05) is 39.3 Å². The number of amides is 2. The highest BCUT2D eigenvalue weighted by Crippen LogP contribution is 2.28. The van der Waals surface area contributed by atoms with Gasteiger partial charge in [-0.15, -0.1) is 0 Å². The third-order valence-electron chi connectivity index (χ3n) is 5.64. The molecule has 8 nitrogen and oxygen atoms in total. The van der Waals surface area contributed by atoms with E-state index in [-0.39, 0.29) is 6.03 Å². The second-order valence-corrected chi connectivity index (χ2v) is 7.89. The molecular formula is C25H32N4O4. The molecule has 0 radical (unpaired) electrons. The van der Waals surface area contributed by atoms with Gasteiger partial charge in [0.1, 0.15) is 0 Å². The summed E-state index contributed by atoms with van der Waals surface area (Å²) in [6.07, 6.45) is 0.873. The van der Waals surface area contributed by atoms with E-state index in [1.54, 1.807) is 26.4 Å². The zero-order valence-electron chi connectivity index (χ0n) is 19.4. The van der Waals surface area contributed by atoms with Gasteiger partial charge in [0.25, 0.3) is 0 Å². The summed E-state index contributed by atoms with van der Waals surface area (Å²) in [6.45, 7) is 5.81. The summed E-state index contributed by atoms with van der Waals surface area (Å²) in [5.74, 6) is 1.30. The molecule has 1 fully saturated rings. The van der Waals surface area contributed by atoms with Crippen LogP contribution in [0.3, 0.4) is 0 Å². The monoisotopic (exact) mass is 452 g/mol. The maximum atomic E-state index is 13.1. The van der Waals surface area contributed by atoms with Crippen molar-refractivity contribution in [1.29, 1.82) is 5.26 Å². The van der Waals surface area contributed by atoms with E-state index >= 15 is 0 Å². The summed E-state index contributed by atoms with van der Waals surface area (Å²) < 4.78 is 16.2. The Balaban J connectivity index is 1.63. The van der Waals surface area contributed by atoms with Gasteiger partial charge in [-0.1, -0.05) is 18.2 Å². The predicted octanol–water partition coefficient (Wildman–Crippen LogP) is 3.01. The third-order valence-corrected chi connectivity index (χ3v) is 5.64. The lowest BCUT2D eigenvalue weighted by Gasteiger charge is -2.28. The van der Waals surface area contributed by atoms with Crippen molar-refractivity contribution in [3.05, 3.63) is 59.2 Å². The van der Waals surface area contributed by atoms with E-state index in [0.29, 0.717) is 36.7 Å². The van der Waals surface area contributed by atoms with Crippen molar-refractivity contribution >= 4 is 6.03 Å². The minimum absolute atomic E-state index is 0.129. The second-order valence-electron chi connectivity index (χ2n) is 7.89. The van der Waals surface area contributed by atoms with E-state index in [1.807, 2.05) is 35.2 Å². The predicted molar refractivity (Wildman–Crippen MR) is 125 cm³/mol. The molecule has 2 aromatic carbocycles. The van der Waals surface area contributed by atoms with Crippen molar-refractivity contribution < 1.29 is 19.0 Å². The summed E-state index contributed by atoms with van der Waals surface area (Å²) in [7, 11) is 3.21. The lowest BCUT2D eigenvalue weighted by molar-refractivity contribution is 0.0364. The van der Waals surface area contributed by atoms with E-state index in [2.05, 4.69) is 16.3 Å². The highest BCUT2D eigenvalue weighted by Gasteiger charge is 2.17. The first-order chi connectivity index (χ1) is 16.1. The highest BCUT2D eigenvalue weighted by atomic mass is 16.5. The molecule has 0 aliphatic carbocycles. The lowest BCUT2D eigenvalue weighted by atomic mass is 10.1. The molecule has 1 heterocycles. The molecular weight excluding hydrogens is 420 g/mol. The molecule has 1 aliphatic heterocycles. The molecule has 3 rings (SSSR count). The average Bonchev–Trinajstić information content (AvgIpc) is 2.87. The number of methoxy groups -OCH3 is 2. The van der Waals surface area contributed by atoms with Crippen molar-refractivity contribution in [2.75, 3.05) is 53.6 Å².